The van der Waals surface area contributed by atoms with Crippen LogP contribution in [-0.2, 0) is 62.8 Å². The lowest BCUT2D eigenvalue weighted by Gasteiger charge is -2.30. The van der Waals surface area contributed by atoms with Crippen LogP contribution in [0.4, 0.5) is 24.6 Å². The number of anilines is 3. The molecule has 3 aliphatic rings. The zero-order chi connectivity index (χ0) is 58.4. The van der Waals surface area contributed by atoms with E-state index in [1.165, 1.54) is 90.0 Å². The Labute approximate surface area is 507 Å². The van der Waals surface area contributed by atoms with Crippen molar-refractivity contribution in [3.05, 3.63) is 97.1 Å². The monoisotopic (exact) mass is 1260 g/mol. The van der Waals surface area contributed by atoms with Crippen molar-refractivity contribution < 1.29 is 42.9 Å². The summed E-state index contributed by atoms with van der Waals surface area (Å²) in [6.45, 7) is 19.3. The van der Waals surface area contributed by atoms with E-state index in [-0.39, 0.29) is 42.3 Å². The molecule has 4 N–H and O–H groups in total. The molecule has 3 aliphatic heterocycles. The molecule has 0 unspecified atom stereocenters. The zero-order valence-electron chi connectivity index (χ0n) is 46.7. The van der Waals surface area contributed by atoms with Gasteiger partial charge in [0.15, 0.2) is 12.4 Å². The zero-order valence-corrected chi connectivity index (χ0v) is 52.4. The second-order valence-corrected chi connectivity index (χ2v) is 27.8. The van der Waals surface area contributed by atoms with Crippen LogP contribution in [0.3, 0.4) is 0 Å². The molecule has 0 spiro atoms. The molecule has 9 aromatic heterocycles. The Morgan fingerprint density at radius 1 is 0.578 bits per heavy atom. The van der Waals surface area contributed by atoms with Gasteiger partial charge in [0.25, 0.3) is 0 Å². The maximum absolute atomic E-state index is 12.5. The Balaban J connectivity index is 0.000000150. The third kappa shape index (κ3) is 14.0. The molecule has 0 saturated carbocycles. The molecule has 12 rings (SSSR count). The van der Waals surface area contributed by atoms with Crippen molar-refractivity contribution in [1.29, 1.82) is 0 Å². The highest BCUT2D eigenvalue weighted by Crippen LogP contribution is 2.48. The van der Waals surface area contributed by atoms with Crippen LogP contribution in [0.25, 0.3) is 62.4 Å². The summed E-state index contributed by atoms with van der Waals surface area (Å²) in [4.78, 5) is 85.0. The smallest absolute Gasteiger partial charge is 0.410 e. The number of fused-ring (bicyclic) bond motifs is 6. The van der Waals surface area contributed by atoms with Crippen molar-refractivity contribution in [2.24, 2.45) is 0 Å². The van der Waals surface area contributed by atoms with Crippen molar-refractivity contribution >= 4 is 156 Å². The van der Waals surface area contributed by atoms with Gasteiger partial charge in [0.05, 0.1) is 33.4 Å². The van der Waals surface area contributed by atoms with Crippen molar-refractivity contribution in [2.45, 2.75) is 112 Å². The molecule has 0 radical (unpaired) electrons. The quantitative estimate of drug-likeness (QED) is 0.0891. The number of ether oxygens (including phenoxy) is 2. The van der Waals surface area contributed by atoms with Crippen LogP contribution in [0, 0.1) is 10.4 Å². The highest BCUT2D eigenvalue weighted by molar-refractivity contribution is 7.24. The van der Waals surface area contributed by atoms with Crippen molar-refractivity contribution in [1.82, 2.24) is 35.1 Å². The fourth-order valence-corrected chi connectivity index (χ4v) is 16.5. The first-order chi connectivity index (χ1) is 38.9. The van der Waals surface area contributed by atoms with Gasteiger partial charge in [-0.1, -0.05) is 0 Å². The van der Waals surface area contributed by atoms with Crippen LogP contribution in [0.2, 0.25) is 0 Å². The predicted molar refractivity (Wildman–Crippen MR) is 331 cm³/mol. The Kier molecular flexibility index (Phi) is 18.0. The Bertz CT molecular complexity index is 3930. The van der Waals surface area contributed by atoms with Gasteiger partial charge in [0, 0.05) is 90.1 Å². The van der Waals surface area contributed by atoms with Crippen molar-refractivity contribution in [3.63, 3.8) is 0 Å². The molecule has 0 aliphatic carbocycles. The molecule has 83 heavy (non-hydrogen) atoms. The molecule has 12 heterocycles. The van der Waals surface area contributed by atoms with Crippen molar-refractivity contribution in [3.8, 4) is 31.7 Å². The van der Waals surface area contributed by atoms with E-state index in [4.69, 9.17) is 14.5 Å². The third-order valence-electron chi connectivity index (χ3n) is 12.7. The fraction of sp³-hybridized carbons (Fsp3) is 0.364. The molecule has 9 aromatic rings. The van der Waals surface area contributed by atoms with Crippen LogP contribution in [-0.4, -0.2) is 90.5 Å². The summed E-state index contributed by atoms with van der Waals surface area (Å²) < 4.78 is 15.4. The Hall–Kier alpha value is -6.98. The van der Waals surface area contributed by atoms with Crippen LogP contribution < -0.4 is 30.7 Å². The molecular weight excluding hydrogens is 1200 g/mol. The number of pyridine rings is 3. The van der Waals surface area contributed by atoms with Gasteiger partial charge in [0.2, 0.25) is 30.1 Å². The van der Waals surface area contributed by atoms with E-state index < -0.39 is 11.2 Å². The number of nitrogens with zero attached hydrogens (tertiary/aromatic N) is 8. The number of carbonyl (C=O) groups is 5. The summed E-state index contributed by atoms with van der Waals surface area (Å²) in [7, 11) is 0. The van der Waals surface area contributed by atoms with Gasteiger partial charge in [0.1, 0.15) is 57.8 Å². The molecule has 5 amide bonds. The Morgan fingerprint density at radius 3 is 1.39 bits per heavy atom. The number of amides is 5. The van der Waals surface area contributed by atoms with Crippen LogP contribution in [0.1, 0.15) is 93.6 Å². The summed E-state index contributed by atoms with van der Waals surface area (Å²) >= 11 is 9.17. The number of nitrogens with one attached hydrogen (secondary N) is 4. The average Bonchev–Trinajstić information content (AvgIpc) is 2.56. The molecule has 0 fully saturated rings. The molecule has 28 heteroatoms. The van der Waals surface area contributed by atoms with E-state index in [0.717, 1.165) is 111 Å². The predicted octanol–water partition coefficient (Wildman–Crippen LogP) is 11.3. The standard InChI is InChI=1S/C20H22N4O4S2.C20H22N4O3S2.C15H14N4O2S2.ClH/c1-11(25)21-17-16(18-22-13-9-24(27)8-6-14(13)29-18)12-5-7-23(10-15(12)30-17)19(26)28-20(2,3)4;1-11(25)22-17-16(18-23-13-9-21-7-5-14(13)28-18)12-6-8-24(10-15(12)29-17)19(26)27-20(2,3)4;1-8(20)17-14-13(9-2-4-16-6-12(9)23-14)15-18-10-7-19(21)5-3-11(10)22-15;/h6,8-9H,5,7,10H2,1-4H3,(H,21,25);5,7,9H,6,8,10H2,1-4H3,(H,22,25);3,5,7,16H,2,4,6H2,1H3,(H,17,20);1H. The normalized spacial score (nSPS) is 13.8. The second kappa shape index (κ2) is 24.7. The largest absolute Gasteiger partial charge is 0.619 e. The number of thiophene rings is 3. The van der Waals surface area contributed by atoms with Gasteiger partial charge in [-0.25, -0.2) is 24.5 Å². The van der Waals surface area contributed by atoms with Gasteiger partial charge >= 0.3 is 12.2 Å². The van der Waals surface area contributed by atoms with Gasteiger partial charge in [-0.3, -0.25) is 19.4 Å². The minimum atomic E-state index is -0.557. The summed E-state index contributed by atoms with van der Waals surface area (Å²) in [6.07, 6.45) is 10.9. The summed E-state index contributed by atoms with van der Waals surface area (Å²) in [6, 6.07) is 5.46. The van der Waals surface area contributed by atoms with Crippen LogP contribution >= 0.6 is 80.4 Å². The number of hydrogen-bond donors (Lipinski definition) is 4. The summed E-state index contributed by atoms with van der Waals surface area (Å²) in [5.41, 5.74) is 7.39. The number of hydrogen-bond acceptors (Lipinski definition) is 20. The highest BCUT2D eigenvalue weighted by atomic mass is 35.5. The van der Waals surface area contributed by atoms with Gasteiger partial charge in [-0.15, -0.1) is 80.4 Å². The molecule has 436 valence electrons. The molecule has 0 bridgehead atoms. The van der Waals surface area contributed by atoms with Gasteiger partial charge in [-0.2, -0.15) is 9.46 Å². The maximum Gasteiger partial charge on any atom is 0.410 e. The topological polar surface area (TPSA) is 264 Å². The lowest BCUT2D eigenvalue weighted by molar-refractivity contribution is -0.604. The first-order valence-electron chi connectivity index (χ1n) is 26.1. The number of carbonyl (C=O) groups excluding carboxylic acids is 5. The van der Waals surface area contributed by atoms with Crippen molar-refractivity contribution in [2.75, 3.05) is 35.6 Å². The highest BCUT2D eigenvalue weighted by Gasteiger charge is 2.34. The Morgan fingerprint density at radius 2 is 0.976 bits per heavy atom. The summed E-state index contributed by atoms with van der Waals surface area (Å²) in [5, 5.41) is 40.0. The second-order valence-electron chi connectivity index (χ2n) is 21.4. The van der Waals surface area contributed by atoms with Crippen LogP contribution in [0.15, 0.2) is 55.4 Å². The minimum Gasteiger partial charge on any atom is -0.619 e. The fourth-order valence-electron chi connectivity index (χ4n) is 9.35. The molecule has 0 aromatic carbocycles. The first kappa shape index (κ1) is 60.6. The molecule has 21 nitrogen and oxygen atoms in total. The third-order valence-corrected chi connectivity index (χ3v) is 19.2. The molecule has 0 saturated heterocycles. The van der Waals surface area contributed by atoms with Gasteiger partial charge < -0.3 is 51.0 Å². The van der Waals surface area contributed by atoms with E-state index in [1.807, 2.05) is 47.6 Å². The number of rotatable bonds is 6. The van der Waals surface area contributed by atoms with E-state index in [2.05, 4.69) is 36.2 Å². The molecular formula is C55H59ClN12O9S6. The maximum atomic E-state index is 12.5. The first-order valence-corrected chi connectivity index (χ1v) is 31.0. The lowest BCUT2D eigenvalue weighted by Crippen LogP contribution is -2.39. The number of thiazole rings is 3. The minimum absolute atomic E-state index is 0. The van der Waals surface area contributed by atoms with E-state index in [9.17, 15) is 34.4 Å². The molecule has 0 atom stereocenters. The summed E-state index contributed by atoms with van der Waals surface area (Å²) in [5.74, 6) is -0.384. The van der Waals surface area contributed by atoms with Crippen LogP contribution in [0.5, 0.6) is 0 Å². The SMILES string of the molecule is CC(=O)Nc1sc2c(c1-c1nc3c[n+]([O-])ccc3s1)CCN(C(=O)OC(C)(C)C)C2.CC(=O)Nc1sc2c(c1-c1nc3c[n+]([O-])ccc3s1)CCNC2.CC(=O)Nc1sc2c(c1-c1nc3cnccc3s1)CCN(C(=O)OC(C)(C)C)C2.Cl. The number of aromatic nitrogens is 6. The lowest BCUT2D eigenvalue weighted by atomic mass is 10.0. The average molecular weight is 1260 g/mol. The number of halogens is 1. The van der Waals surface area contributed by atoms with E-state index >= 15 is 0 Å². The van der Waals surface area contributed by atoms with E-state index in [0.29, 0.717) is 55.1 Å². The van der Waals surface area contributed by atoms with E-state index in [1.54, 1.807) is 68.3 Å². The van der Waals surface area contributed by atoms with Gasteiger partial charge in [-0.05, 0) is 90.1 Å².